The molecule has 7 heteroatoms. The Hall–Kier alpha value is -2.05. The Kier molecular flexibility index (Phi) is 4.17. The van der Waals surface area contributed by atoms with Crippen LogP contribution in [0.15, 0.2) is 24.3 Å². The first-order valence-electron chi connectivity index (χ1n) is 6.86. The van der Waals surface area contributed by atoms with E-state index >= 15 is 0 Å². The van der Waals surface area contributed by atoms with Crippen LogP contribution in [-0.4, -0.2) is 23.0 Å². The molecule has 1 aromatic carbocycles. The molecule has 0 heterocycles. The van der Waals surface area contributed by atoms with E-state index in [-0.39, 0.29) is 6.04 Å². The molecule has 0 bridgehead atoms. The summed E-state index contributed by atoms with van der Waals surface area (Å²) in [6, 6.07) is 4.33. The third kappa shape index (κ3) is 3.40. The summed E-state index contributed by atoms with van der Waals surface area (Å²) < 4.78 is 37.4. The van der Waals surface area contributed by atoms with Crippen molar-refractivity contribution in [2.75, 3.05) is 0 Å². The number of carbonyl (C=O) groups is 2. The van der Waals surface area contributed by atoms with Crippen molar-refractivity contribution < 1.29 is 27.9 Å². The van der Waals surface area contributed by atoms with Crippen LogP contribution in [0.25, 0.3) is 0 Å². The molecule has 2 N–H and O–H groups in total. The minimum absolute atomic E-state index is 0.321. The van der Waals surface area contributed by atoms with Crippen LogP contribution in [0.1, 0.15) is 30.9 Å². The molecule has 1 unspecified atom stereocenters. The van der Waals surface area contributed by atoms with Crippen LogP contribution in [0.3, 0.4) is 0 Å². The van der Waals surface area contributed by atoms with Gasteiger partial charge in [0.15, 0.2) is 0 Å². The molecule has 1 aromatic rings. The van der Waals surface area contributed by atoms with E-state index in [1.807, 2.05) is 0 Å². The van der Waals surface area contributed by atoms with E-state index in [0.29, 0.717) is 24.8 Å². The quantitative estimate of drug-likeness (QED) is 0.821. The SMILES string of the molecule is CC(Cc1ccc(C(F)(F)F)cc1)NC(=O)C1(C(=O)O)CC1. The molecule has 0 spiro atoms. The summed E-state index contributed by atoms with van der Waals surface area (Å²) in [7, 11) is 0. The number of nitrogens with one attached hydrogen (secondary N) is 1. The van der Waals surface area contributed by atoms with Gasteiger partial charge in [0, 0.05) is 6.04 Å². The summed E-state index contributed by atoms with van der Waals surface area (Å²) in [6.45, 7) is 1.69. The number of carboxylic acids is 1. The van der Waals surface area contributed by atoms with Crippen molar-refractivity contribution >= 4 is 11.9 Å². The lowest BCUT2D eigenvalue weighted by Gasteiger charge is -2.17. The van der Waals surface area contributed by atoms with E-state index in [1.165, 1.54) is 12.1 Å². The van der Waals surface area contributed by atoms with Gasteiger partial charge >= 0.3 is 12.1 Å². The van der Waals surface area contributed by atoms with Crippen LogP contribution in [0.5, 0.6) is 0 Å². The Morgan fingerprint density at radius 3 is 2.23 bits per heavy atom. The van der Waals surface area contributed by atoms with E-state index in [0.717, 1.165) is 12.1 Å². The molecule has 4 nitrogen and oxygen atoms in total. The summed E-state index contributed by atoms with van der Waals surface area (Å²) in [5.41, 5.74) is -1.40. The first kappa shape index (κ1) is 16.3. The Morgan fingerprint density at radius 2 is 1.82 bits per heavy atom. The topological polar surface area (TPSA) is 66.4 Å². The fourth-order valence-electron chi connectivity index (χ4n) is 2.26. The Morgan fingerprint density at radius 1 is 1.27 bits per heavy atom. The van der Waals surface area contributed by atoms with Crippen LogP contribution in [0.2, 0.25) is 0 Å². The normalized spacial score (nSPS) is 17.6. The highest BCUT2D eigenvalue weighted by atomic mass is 19.4. The Balaban J connectivity index is 1.94. The maximum Gasteiger partial charge on any atom is 0.416 e. The van der Waals surface area contributed by atoms with Crippen molar-refractivity contribution in [2.24, 2.45) is 5.41 Å². The van der Waals surface area contributed by atoms with Crippen molar-refractivity contribution in [3.8, 4) is 0 Å². The smallest absolute Gasteiger partial charge is 0.416 e. The molecule has 0 radical (unpaired) electrons. The third-order valence-corrected chi connectivity index (χ3v) is 3.79. The van der Waals surface area contributed by atoms with Crippen LogP contribution >= 0.6 is 0 Å². The second-order valence-corrected chi connectivity index (χ2v) is 5.66. The molecular weight excluding hydrogens is 299 g/mol. The van der Waals surface area contributed by atoms with Crippen molar-refractivity contribution in [2.45, 2.75) is 38.4 Å². The lowest BCUT2D eigenvalue weighted by molar-refractivity contribution is -0.149. The van der Waals surface area contributed by atoms with Crippen molar-refractivity contribution in [3.05, 3.63) is 35.4 Å². The van der Waals surface area contributed by atoms with Gasteiger partial charge in [0.1, 0.15) is 5.41 Å². The van der Waals surface area contributed by atoms with Crippen LogP contribution in [-0.2, 0) is 22.2 Å². The highest BCUT2D eigenvalue weighted by Gasteiger charge is 2.57. The van der Waals surface area contributed by atoms with Gasteiger partial charge in [-0.25, -0.2) is 0 Å². The average molecular weight is 315 g/mol. The molecular formula is C15H16F3NO3. The monoisotopic (exact) mass is 315 g/mol. The largest absolute Gasteiger partial charge is 0.480 e. The van der Waals surface area contributed by atoms with E-state index < -0.39 is 29.0 Å². The number of benzene rings is 1. The van der Waals surface area contributed by atoms with Gasteiger partial charge in [0.05, 0.1) is 5.56 Å². The van der Waals surface area contributed by atoms with Crippen LogP contribution in [0.4, 0.5) is 13.2 Å². The minimum atomic E-state index is -4.38. The number of rotatable bonds is 5. The van der Waals surface area contributed by atoms with Gasteiger partial charge < -0.3 is 10.4 Å². The zero-order chi connectivity index (χ0) is 16.5. The molecule has 2 rings (SSSR count). The van der Waals surface area contributed by atoms with Gasteiger partial charge in [0.25, 0.3) is 0 Å². The van der Waals surface area contributed by atoms with Crippen molar-refractivity contribution in [1.29, 1.82) is 0 Å². The number of carbonyl (C=O) groups excluding carboxylic acids is 1. The van der Waals surface area contributed by atoms with E-state index in [1.54, 1.807) is 6.92 Å². The minimum Gasteiger partial charge on any atom is -0.480 e. The highest BCUT2D eigenvalue weighted by molar-refractivity contribution is 6.04. The number of amides is 1. The van der Waals surface area contributed by atoms with Gasteiger partial charge in [-0.2, -0.15) is 13.2 Å². The van der Waals surface area contributed by atoms with Gasteiger partial charge in [-0.3, -0.25) is 9.59 Å². The second-order valence-electron chi connectivity index (χ2n) is 5.66. The van der Waals surface area contributed by atoms with E-state index in [2.05, 4.69) is 5.32 Å². The Bertz CT molecular complexity index is 577. The lowest BCUT2D eigenvalue weighted by atomic mass is 10.0. The molecule has 0 aliphatic heterocycles. The maximum absolute atomic E-state index is 12.5. The molecule has 0 saturated heterocycles. The summed E-state index contributed by atoms with van der Waals surface area (Å²) in [5.74, 6) is -1.66. The summed E-state index contributed by atoms with van der Waals surface area (Å²) in [6.07, 6.45) is -3.40. The average Bonchev–Trinajstić information content (AvgIpc) is 3.19. The van der Waals surface area contributed by atoms with Crippen LogP contribution < -0.4 is 5.32 Å². The number of halogens is 3. The molecule has 1 aliphatic carbocycles. The number of hydrogen-bond donors (Lipinski definition) is 2. The molecule has 120 valence electrons. The standard InChI is InChI=1S/C15H16F3NO3/c1-9(19-12(20)14(6-7-14)13(21)22)8-10-2-4-11(5-3-10)15(16,17)18/h2-5,9H,6-8H2,1H3,(H,19,20)(H,21,22). The summed E-state index contributed by atoms with van der Waals surface area (Å²) in [5, 5.41) is 11.6. The number of alkyl halides is 3. The number of hydrogen-bond acceptors (Lipinski definition) is 2. The molecule has 0 aromatic heterocycles. The molecule has 1 amide bonds. The highest BCUT2D eigenvalue weighted by Crippen LogP contribution is 2.46. The maximum atomic E-state index is 12.5. The predicted octanol–water partition coefficient (Wildman–Crippen LogP) is 2.62. The fourth-order valence-corrected chi connectivity index (χ4v) is 2.26. The van der Waals surface area contributed by atoms with Gasteiger partial charge in [-0.1, -0.05) is 12.1 Å². The predicted molar refractivity (Wildman–Crippen MR) is 72.1 cm³/mol. The van der Waals surface area contributed by atoms with E-state index in [9.17, 15) is 22.8 Å². The molecule has 1 saturated carbocycles. The molecule has 1 fully saturated rings. The number of carboxylic acid groups (broad SMARTS) is 1. The number of aliphatic carboxylic acids is 1. The van der Waals surface area contributed by atoms with E-state index in [4.69, 9.17) is 5.11 Å². The summed E-state index contributed by atoms with van der Waals surface area (Å²) >= 11 is 0. The van der Waals surface area contributed by atoms with Crippen molar-refractivity contribution in [3.63, 3.8) is 0 Å². The third-order valence-electron chi connectivity index (χ3n) is 3.79. The lowest BCUT2D eigenvalue weighted by Crippen LogP contribution is -2.42. The first-order valence-corrected chi connectivity index (χ1v) is 6.86. The van der Waals surface area contributed by atoms with Gasteiger partial charge in [-0.15, -0.1) is 0 Å². The van der Waals surface area contributed by atoms with Gasteiger partial charge in [0.2, 0.25) is 5.91 Å². The second kappa shape index (κ2) is 5.62. The first-order chi connectivity index (χ1) is 10.1. The zero-order valence-corrected chi connectivity index (χ0v) is 11.9. The molecule has 1 aliphatic rings. The van der Waals surface area contributed by atoms with Gasteiger partial charge in [-0.05, 0) is 43.9 Å². The summed E-state index contributed by atoms with van der Waals surface area (Å²) in [4.78, 5) is 22.9. The van der Waals surface area contributed by atoms with Crippen molar-refractivity contribution in [1.82, 2.24) is 5.32 Å². The Labute approximate surface area is 125 Å². The zero-order valence-electron chi connectivity index (χ0n) is 11.9. The van der Waals surface area contributed by atoms with Crippen LogP contribution in [0, 0.1) is 5.41 Å². The molecule has 22 heavy (non-hydrogen) atoms. The molecule has 1 atom stereocenters. The fraction of sp³-hybridized carbons (Fsp3) is 0.467.